The van der Waals surface area contributed by atoms with Crippen molar-refractivity contribution < 1.29 is 13.2 Å². The van der Waals surface area contributed by atoms with Gasteiger partial charge in [-0.1, -0.05) is 6.92 Å². The van der Waals surface area contributed by atoms with E-state index >= 15 is 0 Å². The molecule has 0 bridgehead atoms. The van der Waals surface area contributed by atoms with E-state index in [1.165, 1.54) is 0 Å². The Balaban J connectivity index is 0.00000312. The van der Waals surface area contributed by atoms with Gasteiger partial charge in [0.2, 0.25) is 10.0 Å². The predicted molar refractivity (Wildman–Crippen MR) is 103 cm³/mol. The minimum absolute atomic E-state index is 0. The van der Waals surface area contributed by atoms with Crippen LogP contribution in [0.2, 0.25) is 0 Å². The summed E-state index contributed by atoms with van der Waals surface area (Å²) in [5, 5.41) is 6.19. The van der Waals surface area contributed by atoms with Crippen molar-refractivity contribution in [3.05, 3.63) is 29.8 Å². The highest BCUT2D eigenvalue weighted by Crippen LogP contribution is 2.12. The van der Waals surface area contributed by atoms with Gasteiger partial charge in [-0.3, -0.25) is 14.4 Å². The first kappa shape index (κ1) is 21.7. The summed E-state index contributed by atoms with van der Waals surface area (Å²) in [6.45, 7) is 7.23. The number of halogens is 1. The van der Waals surface area contributed by atoms with Crippen molar-refractivity contribution in [1.29, 1.82) is 0 Å². The molecule has 0 atom stereocenters. The fourth-order valence-corrected chi connectivity index (χ4v) is 3.69. The van der Waals surface area contributed by atoms with E-state index in [0.717, 1.165) is 32.7 Å². The lowest BCUT2D eigenvalue weighted by atomic mass is 10.2. The quantitative estimate of drug-likeness (QED) is 0.613. The van der Waals surface area contributed by atoms with Gasteiger partial charge in [0.05, 0.1) is 5.75 Å². The van der Waals surface area contributed by atoms with Gasteiger partial charge in [0, 0.05) is 50.5 Å². The highest BCUT2D eigenvalue weighted by atomic mass is 35.5. The van der Waals surface area contributed by atoms with Gasteiger partial charge in [0.15, 0.2) is 0 Å². The lowest BCUT2D eigenvalue weighted by Gasteiger charge is -2.27. The summed E-state index contributed by atoms with van der Waals surface area (Å²) >= 11 is 0. The number of carbonyl (C=O) groups excluding carboxylic acids is 1. The molecular formula is C16H27ClN4O3S. The van der Waals surface area contributed by atoms with Gasteiger partial charge >= 0.3 is 0 Å². The van der Waals surface area contributed by atoms with Crippen LogP contribution in [0.15, 0.2) is 24.3 Å². The van der Waals surface area contributed by atoms with Crippen molar-refractivity contribution in [2.75, 3.05) is 49.7 Å². The number of nitrogens with one attached hydrogen (secondary N) is 3. The van der Waals surface area contributed by atoms with Gasteiger partial charge in [0.1, 0.15) is 0 Å². The van der Waals surface area contributed by atoms with Crippen LogP contribution in [-0.4, -0.2) is 64.2 Å². The fraction of sp³-hybridized carbons (Fsp3) is 0.562. The van der Waals surface area contributed by atoms with Crippen LogP contribution in [0.5, 0.6) is 0 Å². The Hall–Kier alpha value is -1.35. The number of sulfonamides is 1. The lowest BCUT2D eigenvalue weighted by Crippen LogP contribution is -2.46. The first-order valence-corrected chi connectivity index (χ1v) is 9.97. The van der Waals surface area contributed by atoms with Crippen LogP contribution in [-0.2, 0) is 10.0 Å². The van der Waals surface area contributed by atoms with Gasteiger partial charge < -0.3 is 10.6 Å². The molecular weight excluding hydrogens is 364 g/mol. The van der Waals surface area contributed by atoms with E-state index in [9.17, 15) is 13.2 Å². The SMILES string of the molecule is CCCS(=O)(=O)Nc1ccc(C(=O)NCCN2CCNCC2)cc1.Cl. The minimum Gasteiger partial charge on any atom is -0.351 e. The average molecular weight is 391 g/mol. The second kappa shape index (κ2) is 10.6. The van der Waals surface area contributed by atoms with Crippen LogP contribution in [0.4, 0.5) is 5.69 Å². The van der Waals surface area contributed by atoms with Gasteiger partial charge in [-0.2, -0.15) is 0 Å². The average Bonchev–Trinajstić information content (AvgIpc) is 2.56. The molecule has 0 unspecified atom stereocenters. The highest BCUT2D eigenvalue weighted by Gasteiger charge is 2.11. The highest BCUT2D eigenvalue weighted by molar-refractivity contribution is 7.92. The number of amides is 1. The smallest absolute Gasteiger partial charge is 0.251 e. The number of piperazine rings is 1. The number of hydrogen-bond donors (Lipinski definition) is 3. The van der Waals surface area contributed by atoms with E-state index in [1.807, 2.05) is 6.92 Å². The standard InChI is InChI=1S/C16H26N4O3S.ClH/c1-2-13-24(22,23)19-15-5-3-14(4-6-15)16(21)18-9-12-20-10-7-17-8-11-20;/h3-6,17,19H,2,7-13H2,1H3,(H,18,21);1H. The molecule has 0 spiro atoms. The zero-order valence-corrected chi connectivity index (χ0v) is 16.1. The van der Waals surface area contributed by atoms with Crippen molar-refractivity contribution in [1.82, 2.24) is 15.5 Å². The van der Waals surface area contributed by atoms with Crippen LogP contribution in [0, 0.1) is 0 Å². The van der Waals surface area contributed by atoms with Crippen molar-refractivity contribution in [3.63, 3.8) is 0 Å². The summed E-state index contributed by atoms with van der Waals surface area (Å²) in [5.41, 5.74) is 0.995. The minimum atomic E-state index is -3.31. The van der Waals surface area contributed by atoms with E-state index in [4.69, 9.17) is 0 Å². The number of rotatable bonds is 8. The van der Waals surface area contributed by atoms with Crippen molar-refractivity contribution in [2.45, 2.75) is 13.3 Å². The predicted octanol–water partition coefficient (Wildman–Crippen LogP) is 0.895. The summed E-state index contributed by atoms with van der Waals surface area (Å²) in [6, 6.07) is 6.48. The zero-order valence-electron chi connectivity index (χ0n) is 14.5. The Morgan fingerprint density at radius 2 is 1.84 bits per heavy atom. The number of benzene rings is 1. The number of anilines is 1. The number of carbonyl (C=O) groups is 1. The monoisotopic (exact) mass is 390 g/mol. The fourth-order valence-electron chi connectivity index (χ4n) is 2.55. The molecule has 2 rings (SSSR count). The molecule has 1 heterocycles. The normalized spacial score (nSPS) is 15.2. The first-order valence-electron chi connectivity index (χ1n) is 8.32. The summed E-state index contributed by atoms with van der Waals surface area (Å²) < 4.78 is 25.9. The van der Waals surface area contributed by atoms with E-state index < -0.39 is 10.0 Å². The molecule has 1 aromatic carbocycles. The van der Waals surface area contributed by atoms with E-state index in [-0.39, 0.29) is 24.1 Å². The first-order chi connectivity index (χ1) is 11.5. The van der Waals surface area contributed by atoms with Gasteiger partial charge in [0.25, 0.3) is 5.91 Å². The molecule has 142 valence electrons. The van der Waals surface area contributed by atoms with E-state index in [0.29, 0.717) is 24.2 Å². The van der Waals surface area contributed by atoms with Crippen LogP contribution >= 0.6 is 12.4 Å². The molecule has 25 heavy (non-hydrogen) atoms. The van der Waals surface area contributed by atoms with Crippen LogP contribution < -0.4 is 15.4 Å². The molecule has 9 heteroatoms. The van der Waals surface area contributed by atoms with Crippen molar-refractivity contribution >= 4 is 34.0 Å². The van der Waals surface area contributed by atoms with Crippen LogP contribution in [0.1, 0.15) is 23.7 Å². The van der Waals surface area contributed by atoms with Crippen LogP contribution in [0.3, 0.4) is 0 Å². The molecule has 3 N–H and O–H groups in total. The maximum atomic E-state index is 12.1. The molecule has 0 saturated carbocycles. The van der Waals surface area contributed by atoms with E-state index in [2.05, 4.69) is 20.3 Å². The summed E-state index contributed by atoms with van der Waals surface area (Å²) in [4.78, 5) is 14.4. The maximum absolute atomic E-state index is 12.1. The Labute approximate surface area is 156 Å². The third-order valence-corrected chi connectivity index (χ3v) is 5.31. The van der Waals surface area contributed by atoms with Crippen molar-refractivity contribution in [2.24, 2.45) is 0 Å². The van der Waals surface area contributed by atoms with Gasteiger partial charge in [-0.15, -0.1) is 12.4 Å². The second-order valence-corrected chi connectivity index (χ2v) is 7.69. The third kappa shape index (κ3) is 7.60. The van der Waals surface area contributed by atoms with Gasteiger partial charge in [-0.25, -0.2) is 8.42 Å². The molecule has 0 aromatic heterocycles. The molecule has 1 aliphatic heterocycles. The van der Waals surface area contributed by atoms with Gasteiger partial charge in [-0.05, 0) is 30.7 Å². The Morgan fingerprint density at radius 3 is 2.44 bits per heavy atom. The largest absolute Gasteiger partial charge is 0.351 e. The molecule has 1 fully saturated rings. The topological polar surface area (TPSA) is 90.5 Å². The summed E-state index contributed by atoms with van der Waals surface area (Å²) in [5.74, 6) is -0.0607. The molecule has 0 aliphatic carbocycles. The molecule has 1 saturated heterocycles. The number of hydrogen-bond acceptors (Lipinski definition) is 5. The Bertz CT molecular complexity index is 631. The van der Waals surface area contributed by atoms with Crippen molar-refractivity contribution in [3.8, 4) is 0 Å². The lowest BCUT2D eigenvalue weighted by molar-refractivity contribution is 0.0947. The summed E-state index contributed by atoms with van der Waals surface area (Å²) in [6.07, 6.45) is 0.558. The summed E-state index contributed by atoms with van der Waals surface area (Å²) in [7, 11) is -3.31. The molecule has 0 radical (unpaired) electrons. The third-order valence-electron chi connectivity index (χ3n) is 3.82. The molecule has 1 aliphatic rings. The van der Waals surface area contributed by atoms with E-state index in [1.54, 1.807) is 24.3 Å². The molecule has 7 nitrogen and oxygen atoms in total. The maximum Gasteiger partial charge on any atom is 0.251 e. The Kier molecular flexibility index (Phi) is 9.20. The Morgan fingerprint density at radius 1 is 1.20 bits per heavy atom. The zero-order chi connectivity index (χ0) is 17.4. The number of nitrogens with zero attached hydrogens (tertiary/aromatic N) is 1. The van der Waals surface area contributed by atoms with Crippen LogP contribution in [0.25, 0.3) is 0 Å². The molecule has 1 aromatic rings. The molecule has 1 amide bonds. The second-order valence-electron chi connectivity index (χ2n) is 5.85.